The molecule has 0 aliphatic carbocycles. The zero-order valence-electron chi connectivity index (χ0n) is 24.8. The van der Waals surface area contributed by atoms with E-state index < -0.39 is 17.6 Å². The molecule has 0 aromatic heterocycles. The van der Waals surface area contributed by atoms with E-state index in [0.717, 1.165) is 0 Å². The monoisotopic (exact) mass is 606 g/mol. The molecule has 3 amide bonds. The van der Waals surface area contributed by atoms with Crippen molar-refractivity contribution >= 4 is 24.3 Å². The van der Waals surface area contributed by atoms with Crippen LogP contribution in [0.2, 0.25) is 0 Å². The van der Waals surface area contributed by atoms with Gasteiger partial charge in [0.25, 0.3) is 5.91 Å². The first-order valence-electron chi connectivity index (χ1n) is 14.4. The highest BCUT2D eigenvalue weighted by molar-refractivity contribution is 6.02. The summed E-state index contributed by atoms with van der Waals surface area (Å²) in [5.41, 5.74) is 0.488. The SMILES string of the molecule is CC1CC(C(=O)NCCOCCOCCOCCOCCOCCNC=O)CN(C(=O)/C(C#N)=C/c2ccc(F)cc2)C1. The normalized spacial score (nSPS) is 16.9. The molecule has 1 aliphatic heterocycles. The van der Waals surface area contributed by atoms with Gasteiger partial charge in [-0.1, -0.05) is 19.1 Å². The fourth-order valence-corrected chi connectivity index (χ4v) is 4.31. The third-order valence-electron chi connectivity index (χ3n) is 6.36. The Morgan fingerprint density at radius 2 is 1.44 bits per heavy atom. The van der Waals surface area contributed by atoms with Gasteiger partial charge in [0.15, 0.2) is 0 Å². The van der Waals surface area contributed by atoms with Gasteiger partial charge in [-0.05, 0) is 36.1 Å². The molecular weight excluding hydrogens is 563 g/mol. The maximum atomic E-state index is 13.2. The Kier molecular flexibility index (Phi) is 18.5. The molecule has 13 heteroatoms. The summed E-state index contributed by atoms with van der Waals surface area (Å²) >= 11 is 0. The lowest BCUT2D eigenvalue weighted by atomic mass is 9.89. The van der Waals surface area contributed by atoms with Gasteiger partial charge in [0.1, 0.15) is 17.5 Å². The average Bonchev–Trinajstić information content (AvgIpc) is 3.01. The molecule has 2 atom stereocenters. The summed E-state index contributed by atoms with van der Waals surface area (Å²) < 4.78 is 40.2. The number of piperidine rings is 1. The Morgan fingerprint density at radius 1 is 0.907 bits per heavy atom. The van der Waals surface area contributed by atoms with E-state index in [1.165, 1.54) is 35.2 Å². The molecule has 1 aromatic rings. The molecule has 2 rings (SSSR count). The molecule has 0 radical (unpaired) electrons. The van der Waals surface area contributed by atoms with Crippen LogP contribution in [0, 0.1) is 29.0 Å². The predicted molar refractivity (Wildman–Crippen MR) is 155 cm³/mol. The van der Waals surface area contributed by atoms with Crippen LogP contribution in [0.4, 0.5) is 4.39 Å². The highest BCUT2D eigenvalue weighted by Crippen LogP contribution is 2.23. The van der Waals surface area contributed by atoms with Crippen LogP contribution in [0.5, 0.6) is 0 Å². The van der Waals surface area contributed by atoms with E-state index in [1.807, 2.05) is 13.0 Å². The summed E-state index contributed by atoms with van der Waals surface area (Å²) in [6.45, 7) is 7.66. The summed E-state index contributed by atoms with van der Waals surface area (Å²) in [5, 5.41) is 14.9. The van der Waals surface area contributed by atoms with E-state index >= 15 is 0 Å². The number of nitrogens with one attached hydrogen (secondary N) is 2. The third-order valence-corrected chi connectivity index (χ3v) is 6.36. The number of halogens is 1. The molecule has 1 heterocycles. The van der Waals surface area contributed by atoms with Crippen LogP contribution in [-0.2, 0) is 38.1 Å². The van der Waals surface area contributed by atoms with E-state index in [0.29, 0.717) is 104 Å². The quantitative estimate of drug-likeness (QED) is 0.0859. The molecule has 1 saturated heterocycles. The van der Waals surface area contributed by atoms with Gasteiger partial charge in [-0.2, -0.15) is 5.26 Å². The van der Waals surface area contributed by atoms with Crippen molar-refractivity contribution in [1.82, 2.24) is 15.5 Å². The van der Waals surface area contributed by atoms with Crippen molar-refractivity contribution in [1.29, 1.82) is 5.26 Å². The molecule has 2 unspecified atom stereocenters. The lowest BCUT2D eigenvalue weighted by molar-refractivity contribution is -0.134. The molecule has 0 spiro atoms. The predicted octanol–water partition coefficient (Wildman–Crippen LogP) is 1.16. The zero-order chi connectivity index (χ0) is 31.1. The van der Waals surface area contributed by atoms with Crippen molar-refractivity contribution in [2.75, 3.05) is 92.2 Å². The zero-order valence-corrected chi connectivity index (χ0v) is 24.8. The molecule has 0 bridgehead atoms. The van der Waals surface area contributed by atoms with Crippen LogP contribution in [-0.4, -0.2) is 115 Å². The van der Waals surface area contributed by atoms with Gasteiger partial charge in [-0.15, -0.1) is 0 Å². The van der Waals surface area contributed by atoms with Crippen molar-refractivity contribution in [3.8, 4) is 6.07 Å². The number of carbonyl (C=O) groups excluding carboxylic acids is 3. The fourth-order valence-electron chi connectivity index (χ4n) is 4.31. The lowest BCUT2D eigenvalue weighted by Gasteiger charge is -2.35. The van der Waals surface area contributed by atoms with Crippen molar-refractivity contribution in [3.05, 3.63) is 41.2 Å². The Morgan fingerprint density at radius 3 is 1.98 bits per heavy atom. The number of nitrogens with zero attached hydrogens (tertiary/aromatic N) is 2. The second-order valence-electron chi connectivity index (χ2n) is 9.89. The van der Waals surface area contributed by atoms with Gasteiger partial charge in [-0.25, -0.2) is 4.39 Å². The number of hydrogen-bond acceptors (Lipinski definition) is 9. The first-order valence-corrected chi connectivity index (χ1v) is 14.4. The van der Waals surface area contributed by atoms with Crippen LogP contribution in [0.15, 0.2) is 29.8 Å². The average molecular weight is 607 g/mol. The number of likely N-dealkylation sites (tertiary alicyclic amines) is 1. The van der Waals surface area contributed by atoms with E-state index in [4.69, 9.17) is 23.7 Å². The van der Waals surface area contributed by atoms with Gasteiger partial charge >= 0.3 is 0 Å². The summed E-state index contributed by atoms with van der Waals surface area (Å²) in [7, 11) is 0. The second-order valence-corrected chi connectivity index (χ2v) is 9.89. The molecule has 1 aliphatic rings. The minimum absolute atomic E-state index is 0.0597. The van der Waals surface area contributed by atoms with Crippen molar-refractivity contribution in [2.24, 2.45) is 11.8 Å². The molecule has 2 N–H and O–H groups in total. The number of ether oxygens (including phenoxy) is 5. The minimum Gasteiger partial charge on any atom is -0.377 e. The van der Waals surface area contributed by atoms with Gasteiger partial charge < -0.3 is 39.2 Å². The number of carbonyl (C=O) groups is 3. The molecular formula is C30H43FN4O8. The van der Waals surface area contributed by atoms with Crippen LogP contribution < -0.4 is 10.6 Å². The van der Waals surface area contributed by atoms with E-state index in [-0.39, 0.29) is 23.9 Å². The van der Waals surface area contributed by atoms with Crippen LogP contribution in [0.1, 0.15) is 18.9 Å². The number of benzene rings is 1. The standard InChI is InChI=1S/C30H43FN4O8/c1-24-18-27(22-35(21-24)30(38)26(20-32)19-25-2-4-28(31)5-3-25)29(37)34-7-9-40-11-13-42-15-17-43-16-14-41-12-10-39-8-6-33-23-36/h2-5,19,23-24,27H,6-18,21-22H2,1H3,(H,33,36)(H,34,37)/b26-19+. The molecule has 1 aromatic carbocycles. The van der Waals surface area contributed by atoms with Gasteiger partial charge in [-0.3, -0.25) is 14.4 Å². The highest BCUT2D eigenvalue weighted by Gasteiger charge is 2.33. The molecule has 0 saturated carbocycles. The molecule has 43 heavy (non-hydrogen) atoms. The first-order chi connectivity index (χ1) is 20.9. The number of nitriles is 1. The van der Waals surface area contributed by atoms with E-state index in [9.17, 15) is 24.0 Å². The largest absolute Gasteiger partial charge is 0.377 e. The van der Waals surface area contributed by atoms with Crippen molar-refractivity contribution in [2.45, 2.75) is 13.3 Å². The number of rotatable bonds is 22. The Balaban J connectivity index is 1.51. The van der Waals surface area contributed by atoms with Crippen LogP contribution in [0.25, 0.3) is 6.08 Å². The van der Waals surface area contributed by atoms with E-state index in [1.54, 1.807) is 0 Å². The topological polar surface area (TPSA) is 148 Å². The smallest absolute Gasteiger partial charge is 0.264 e. The van der Waals surface area contributed by atoms with Crippen LogP contribution in [0.3, 0.4) is 0 Å². The maximum Gasteiger partial charge on any atom is 0.264 e. The summed E-state index contributed by atoms with van der Waals surface area (Å²) in [4.78, 5) is 37.4. The summed E-state index contributed by atoms with van der Waals surface area (Å²) in [6, 6.07) is 7.46. The summed E-state index contributed by atoms with van der Waals surface area (Å²) in [6.07, 6.45) is 2.70. The highest BCUT2D eigenvalue weighted by atomic mass is 19.1. The van der Waals surface area contributed by atoms with Gasteiger partial charge in [0.05, 0.1) is 72.0 Å². The minimum atomic E-state index is -0.443. The van der Waals surface area contributed by atoms with Gasteiger partial charge in [0.2, 0.25) is 12.3 Å². The van der Waals surface area contributed by atoms with Crippen molar-refractivity contribution in [3.63, 3.8) is 0 Å². The second kappa shape index (κ2) is 22.2. The lowest BCUT2D eigenvalue weighted by Crippen LogP contribution is -2.48. The Labute approximate surface area is 252 Å². The van der Waals surface area contributed by atoms with Gasteiger partial charge in [0, 0.05) is 26.2 Å². The summed E-state index contributed by atoms with van der Waals surface area (Å²) in [5.74, 6) is -1.31. The fraction of sp³-hybridized carbons (Fsp3) is 0.600. The van der Waals surface area contributed by atoms with Crippen molar-refractivity contribution < 1.29 is 42.5 Å². The maximum absolute atomic E-state index is 13.2. The Bertz CT molecular complexity index is 1030. The number of hydrogen-bond donors (Lipinski definition) is 2. The number of amides is 3. The van der Waals surface area contributed by atoms with E-state index in [2.05, 4.69) is 10.6 Å². The first kappa shape index (κ1) is 35.8. The third kappa shape index (κ3) is 15.6. The molecule has 238 valence electrons. The van der Waals surface area contributed by atoms with Crippen LogP contribution >= 0.6 is 0 Å². The Hall–Kier alpha value is -3.41. The molecule has 1 fully saturated rings. The molecule has 12 nitrogen and oxygen atoms in total.